The molecule has 0 aliphatic rings. The van der Waals surface area contributed by atoms with E-state index < -0.39 is 46.2 Å². The molecule has 1 atom stereocenters. The van der Waals surface area contributed by atoms with Crippen LogP contribution in [0.15, 0.2) is 83.8 Å². The maximum absolute atomic E-state index is 13.8. The van der Waals surface area contributed by atoms with Gasteiger partial charge in [0, 0.05) is 13.1 Å². The third-order valence-corrected chi connectivity index (χ3v) is 8.33. The van der Waals surface area contributed by atoms with Gasteiger partial charge < -0.3 is 10.2 Å². The van der Waals surface area contributed by atoms with Gasteiger partial charge in [-0.1, -0.05) is 67.4 Å². The zero-order chi connectivity index (χ0) is 30.2. The number of hydrogen-bond donors (Lipinski definition) is 1. The van der Waals surface area contributed by atoms with Crippen LogP contribution in [-0.2, 0) is 32.3 Å². The molecule has 0 saturated carbocycles. The van der Waals surface area contributed by atoms with E-state index in [2.05, 4.69) is 5.32 Å². The number of nitrogens with one attached hydrogen (secondary N) is 1. The van der Waals surface area contributed by atoms with Crippen molar-refractivity contribution in [3.8, 4) is 0 Å². The van der Waals surface area contributed by atoms with Crippen LogP contribution in [0.5, 0.6) is 0 Å². The van der Waals surface area contributed by atoms with Crippen LogP contribution in [-0.4, -0.2) is 44.3 Å². The summed E-state index contributed by atoms with van der Waals surface area (Å²) >= 11 is 0. The molecule has 41 heavy (non-hydrogen) atoms. The summed E-state index contributed by atoms with van der Waals surface area (Å²) < 4.78 is 68.9. The van der Waals surface area contributed by atoms with E-state index in [1.807, 2.05) is 6.92 Å². The number of sulfonamides is 1. The summed E-state index contributed by atoms with van der Waals surface area (Å²) in [4.78, 5) is 27.8. The van der Waals surface area contributed by atoms with Gasteiger partial charge in [0.05, 0.1) is 16.1 Å². The standard InChI is InChI=1S/C30H34F3N3O4S/c1-4-5-18-34-29(38)23(3)35(20-24-10-7-6-8-11-24)28(37)21-36(26-13-9-12-25(19-26)30(31,32)33)41(39,40)27-16-14-22(2)15-17-27/h6-17,19,23H,4-5,18,20-21H2,1-3H3,(H,34,38)/t23-/m1/s1. The molecule has 3 aromatic carbocycles. The number of amides is 2. The van der Waals surface area contributed by atoms with E-state index in [0.29, 0.717) is 22.5 Å². The molecule has 0 aromatic heterocycles. The molecule has 0 saturated heterocycles. The fourth-order valence-electron chi connectivity index (χ4n) is 4.10. The van der Waals surface area contributed by atoms with Crippen LogP contribution in [0, 0.1) is 6.92 Å². The van der Waals surface area contributed by atoms with Gasteiger partial charge in [-0.25, -0.2) is 8.42 Å². The Morgan fingerprint density at radius 1 is 0.951 bits per heavy atom. The van der Waals surface area contributed by atoms with Crippen molar-refractivity contribution in [3.05, 3.63) is 95.6 Å². The van der Waals surface area contributed by atoms with Gasteiger partial charge in [0.2, 0.25) is 11.8 Å². The van der Waals surface area contributed by atoms with Crippen molar-refractivity contribution in [2.75, 3.05) is 17.4 Å². The molecule has 2 amide bonds. The quantitative estimate of drug-likeness (QED) is 0.281. The second kappa shape index (κ2) is 13.7. The molecule has 0 fully saturated rings. The maximum Gasteiger partial charge on any atom is 0.416 e. The van der Waals surface area contributed by atoms with Crippen molar-refractivity contribution in [1.29, 1.82) is 0 Å². The van der Waals surface area contributed by atoms with Crippen LogP contribution in [0.1, 0.15) is 43.4 Å². The largest absolute Gasteiger partial charge is 0.416 e. The molecule has 0 bridgehead atoms. The molecular formula is C30H34F3N3O4S. The highest BCUT2D eigenvalue weighted by Crippen LogP contribution is 2.33. The lowest BCUT2D eigenvalue weighted by Crippen LogP contribution is -2.51. The zero-order valence-electron chi connectivity index (χ0n) is 23.2. The third kappa shape index (κ3) is 8.32. The molecule has 7 nitrogen and oxygen atoms in total. The molecule has 3 rings (SSSR count). The first kappa shape index (κ1) is 31.7. The lowest BCUT2D eigenvalue weighted by Gasteiger charge is -2.32. The molecule has 11 heteroatoms. The Morgan fingerprint density at radius 3 is 2.22 bits per heavy atom. The number of carbonyl (C=O) groups excluding carboxylic acids is 2. The first-order valence-electron chi connectivity index (χ1n) is 13.2. The van der Waals surface area contributed by atoms with Gasteiger partial charge in [-0.3, -0.25) is 13.9 Å². The van der Waals surface area contributed by atoms with Crippen molar-refractivity contribution < 1.29 is 31.2 Å². The minimum atomic E-state index is -4.73. The third-order valence-electron chi connectivity index (χ3n) is 6.54. The van der Waals surface area contributed by atoms with Gasteiger partial charge in [-0.15, -0.1) is 0 Å². The fourth-order valence-corrected chi connectivity index (χ4v) is 5.51. The molecule has 0 aliphatic carbocycles. The smallest absolute Gasteiger partial charge is 0.354 e. The molecule has 1 N–H and O–H groups in total. The maximum atomic E-state index is 13.8. The van der Waals surface area contributed by atoms with E-state index in [9.17, 15) is 31.2 Å². The number of alkyl halides is 3. The average molecular weight is 590 g/mol. The Kier molecular flexibility index (Phi) is 10.6. The second-order valence-electron chi connectivity index (χ2n) is 9.70. The summed E-state index contributed by atoms with van der Waals surface area (Å²) in [6.45, 7) is 4.84. The highest BCUT2D eigenvalue weighted by Gasteiger charge is 2.35. The van der Waals surface area contributed by atoms with E-state index in [1.54, 1.807) is 49.4 Å². The van der Waals surface area contributed by atoms with Crippen LogP contribution in [0.2, 0.25) is 0 Å². The summed E-state index contributed by atoms with van der Waals surface area (Å²) in [5.74, 6) is -1.17. The van der Waals surface area contributed by atoms with Crippen LogP contribution in [0.25, 0.3) is 0 Å². The normalized spacial score (nSPS) is 12.4. The monoisotopic (exact) mass is 589 g/mol. The van der Waals surface area contributed by atoms with Gasteiger partial charge in [0.25, 0.3) is 10.0 Å². The molecular weight excluding hydrogens is 555 g/mol. The van der Waals surface area contributed by atoms with Crippen LogP contribution in [0.3, 0.4) is 0 Å². The second-order valence-corrected chi connectivity index (χ2v) is 11.6. The Balaban J connectivity index is 2.05. The topological polar surface area (TPSA) is 86.8 Å². The number of nitrogens with zero attached hydrogens (tertiary/aromatic N) is 2. The van der Waals surface area contributed by atoms with E-state index in [-0.39, 0.29) is 17.1 Å². The molecule has 220 valence electrons. The van der Waals surface area contributed by atoms with Crippen LogP contribution >= 0.6 is 0 Å². The molecule has 0 radical (unpaired) electrons. The lowest BCUT2D eigenvalue weighted by atomic mass is 10.1. The van der Waals surface area contributed by atoms with Crippen molar-refractivity contribution in [2.24, 2.45) is 0 Å². The Labute approximate surface area is 239 Å². The summed E-state index contributed by atoms with van der Waals surface area (Å²) in [6.07, 6.45) is -3.14. The predicted octanol–water partition coefficient (Wildman–Crippen LogP) is 5.54. The van der Waals surface area contributed by atoms with E-state index >= 15 is 0 Å². The van der Waals surface area contributed by atoms with Crippen molar-refractivity contribution in [2.45, 2.75) is 57.3 Å². The SMILES string of the molecule is CCCCNC(=O)[C@@H](C)N(Cc1ccccc1)C(=O)CN(c1cccc(C(F)(F)F)c1)S(=O)(=O)c1ccc(C)cc1. The first-order chi connectivity index (χ1) is 19.3. The van der Waals surface area contributed by atoms with E-state index in [1.165, 1.54) is 30.0 Å². The van der Waals surface area contributed by atoms with Gasteiger partial charge in [0.15, 0.2) is 0 Å². The Hall–Kier alpha value is -3.86. The summed E-state index contributed by atoms with van der Waals surface area (Å²) in [5.41, 5.74) is 0.0912. The minimum Gasteiger partial charge on any atom is -0.354 e. The van der Waals surface area contributed by atoms with Gasteiger partial charge in [-0.05, 0) is 56.2 Å². The Bertz CT molecular complexity index is 1430. The number of rotatable bonds is 12. The summed E-state index contributed by atoms with van der Waals surface area (Å²) in [5, 5.41) is 2.79. The number of carbonyl (C=O) groups is 2. The first-order valence-corrected chi connectivity index (χ1v) is 14.7. The van der Waals surface area contributed by atoms with Gasteiger partial charge in [-0.2, -0.15) is 13.2 Å². The summed E-state index contributed by atoms with van der Waals surface area (Å²) in [7, 11) is -4.48. The van der Waals surface area contributed by atoms with Crippen molar-refractivity contribution in [3.63, 3.8) is 0 Å². The fraction of sp³-hybridized carbons (Fsp3) is 0.333. The number of unbranched alkanes of at least 4 members (excludes halogenated alkanes) is 1. The number of benzene rings is 3. The van der Waals surface area contributed by atoms with Crippen LogP contribution < -0.4 is 9.62 Å². The Morgan fingerprint density at radius 2 is 1.61 bits per heavy atom. The van der Waals surface area contributed by atoms with Crippen LogP contribution in [0.4, 0.5) is 18.9 Å². The average Bonchev–Trinajstić information content (AvgIpc) is 2.94. The van der Waals surface area contributed by atoms with Crippen molar-refractivity contribution in [1.82, 2.24) is 10.2 Å². The zero-order valence-corrected chi connectivity index (χ0v) is 24.0. The molecule has 0 aliphatic heterocycles. The number of aryl methyl sites for hydroxylation is 1. The minimum absolute atomic E-state index is 0.0109. The number of anilines is 1. The highest BCUT2D eigenvalue weighted by atomic mass is 32.2. The summed E-state index contributed by atoms with van der Waals surface area (Å²) in [6, 6.07) is 17.5. The molecule has 0 heterocycles. The molecule has 0 unspecified atom stereocenters. The lowest BCUT2D eigenvalue weighted by molar-refractivity contribution is -0.139. The van der Waals surface area contributed by atoms with Gasteiger partial charge in [0.1, 0.15) is 12.6 Å². The highest BCUT2D eigenvalue weighted by molar-refractivity contribution is 7.92. The number of hydrogen-bond acceptors (Lipinski definition) is 4. The van der Waals surface area contributed by atoms with Crippen molar-refractivity contribution >= 4 is 27.5 Å². The predicted molar refractivity (Wildman–Crippen MR) is 152 cm³/mol. The molecule has 3 aromatic rings. The van der Waals surface area contributed by atoms with Gasteiger partial charge >= 0.3 is 6.18 Å². The van der Waals surface area contributed by atoms with E-state index in [4.69, 9.17) is 0 Å². The molecule has 0 spiro atoms. The number of halogens is 3. The van der Waals surface area contributed by atoms with E-state index in [0.717, 1.165) is 30.5 Å².